The third-order valence-corrected chi connectivity index (χ3v) is 3.97. The van der Waals surface area contributed by atoms with Gasteiger partial charge in [-0.2, -0.15) is 0 Å². The molecule has 0 radical (unpaired) electrons. The number of hydrogen-bond acceptors (Lipinski definition) is 4. The lowest BCUT2D eigenvalue weighted by Crippen LogP contribution is -2.13. The molecule has 3 aromatic rings. The molecule has 0 spiro atoms. The first-order valence-electron chi connectivity index (χ1n) is 5.92. The molecule has 6 heteroatoms. The van der Waals surface area contributed by atoms with Crippen LogP contribution in [0.25, 0.3) is 10.2 Å². The lowest BCUT2D eigenvalue weighted by molar-refractivity contribution is 0.102. The van der Waals surface area contributed by atoms with Crippen molar-refractivity contribution < 1.29 is 4.79 Å². The molecule has 0 aliphatic heterocycles. The van der Waals surface area contributed by atoms with E-state index in [9.17, 15) is 4.79 Å². The Balaban J connectivity index is 1.89. The summed E-state index contributed by atoms with van der Waals surface area (Å²) in [5, 5.41) is 3.78. The predicted molar refractivity (Wildman–Crippen MR) is 81.6 cm³/mol. The van der Waals surface area contributed by atoms with E-state index in [0.717, 1.165) is 15.8 Å². The summed E-state index contributed by atoms with van der Waals surface area (Å²) in [5.41, 5.74) is 2.26. The number of benzene rings is 1. The largest absolute Gasteiger partial charge is 0.296 e. The number of aromatic nitrogens is 2. The van der Waals surface area contributed by atoms with Gasteiger partial charge in [0.1, 0.15) is 5.69 Å². The van der Waals surface area contributed by atoms with Crippen molar-refractivity contribution in [3.63, 3.8) is 0 Å². The maximum Gasteiger partial charge on any atom is 0.276 e. The zero-order chi connectivity index (χ0) is 14.1. The second-order valence-corrected chi connectivity index (χ2v) is 5.72. The molecule has 0 saturated carbocycles. The maximum atomic E-state index is 12.1. The van der Waals surface area contributed by atoms with Gasteiger partial charge in [0.05, 0.1) is 10.2 Å². The highest BCUT2D eigenvalue weighted by Crippen LogP contribution is 2.28. The van der Waals surface area contributed by atoms with Gasteiger partial charge in [0.15, 0.2) is 5.13 Å². The van der Waals surface area contributed by atoms with Crippen LogP contribution in [0, 0.1) is 6.92 Å². The SMILES string of the molecule is Cc1cccc2sc(NC(=O)c3cc(Cl)ccn3)nc12. The number of carbonyl (C=O) groups excluding carboxylic acids is 1. The molecule has 0 saturated heterocycles. The van der Waals surface area contributed by atoms with E-state index in [2.05, 4.69) is 15.3 Å². The van der Waals surface area contributed by atoms with Gasteiger partial charge in [0, 0.05) is 11.2 Å². The van der Waals surface area contributed by atoms with E-state index in [1.807, 2.05) is 25.1 Å². The molecule has 0 bridgehead atoms. The summed E-state index contributed by atoms with van der Waals surface area (Å²) in [7, 11) is 0. The summed E-state index contributed by atoms with van der Waals surface area (Å²) in [5.74, 6) is -0.316. The summed E-state index contributed by atoms with van der Waals surface area (Å²) in [4.78, 5) is 20.5. The minimum absolute atomic E-state index is 0.272. The van der Waals surface area contributed by atoms with Gasteiger partial charge in [-0.05, 0) is 30.7 Å². The first-order valence-corrected chi connectivity index (χ1v) is 7.12. The zero-order valence-corrected chi connectivity index (χ0v) is 12.1. The Labute approximate surface area is 124 Å². The molecule has 3 rings (SSSR count). The Hall–Kier alpha value is -1.98. The molecular formula is C14H10ClN3OS. The smallest absolute Gasteiger partial charge is 0.276 e. The lowest BCUT2D eigenvalue weighted by Gasteiger charge is -2.00. The fourth-order valence-corrected chi connectivity index (χ4v) is 2.93. The van der Waals surface area contributed by atoms with Gasteiger partial charge >= 0.3 is 0 Å². The third-order valence-electron chi connectivity index (χ3n) is 2.80. The number of thiazole rings is 1. The number of nitrogens with one attached hydrogen (secondary N) is 1. The number of fused-ring (bicyclic) bond motifs is 1. The predicted octanol–water partition coefficient (Wildman–Crippen LogP) is 3.91. The topological polar surface area (TPSA) is 54.9 Å². The summed E-state index contributed by atoms with van der Waals surface area (Å²) in [6.07, 6.45) is 1.50. The molecule has 0 aliphatic carbocycles. The van der Waals surface area contributed by atoms with Crippen LogP contribution in [0.3, 0.4) is 0 Å². The van der Waals surface area contributed by atoms with Crippen LogP contribution in [0.1, 0.15) is 16.1 Å². The maximum absolute atomic E-state index is 12.1. The van der Waals surface area contributed by atoms with Crippen LogP contribution in [0.15, 0.2) is 36.5 Å². The minimum Gasteiger partial charge on any atom is -0.296 e. The number of nitrogens with zero attached hydrogens (tertiary/aromatic N) is 2. The van der Waals surface area contributed by atoms with Gasteiger partial charge in [-0.3, -0.25) is 15.1 Å². The van der Waals surface area contributed by atoms with Crippen LogP contribution in [0.2, 0.25) is 5.02 Å². The minimum atomic E-state index is -0.316. The van der Waals surface area contributed by atoms with Crippen LogP contribution in [0.5, 0.6) is 0 Å². The standard InChI is InChI=1S/C14H10ClN3OS/c1-8-3-2-4-11-12(8)17-14(20-11)18-13(19)10-7-9(15)5-6-16-10/h2-7H,1H3,(H,17,18,19). The average molecular weight is 304 g/mol. The van der Waals surface area contributed by atoms with Crippen LogP contribution in [-0.2, 0) is 0 Å². The number of halogens is 1. The number of amides is 1. The quantitative estimate of drug-likeness (QED) is 0.781. The Morgan fingerprint density at radius 2 is 2.20 bits per heavy atom. The second-order valence-electron chi connectivity index (χ2n) is 4.25. The number of carbonyl (C=O) groups is 1. The zero-order valence-electron chi connectivity index (χ0n) is 10.6. The van der Waals surface area contributed by atoms with Crippen molar-refractivity contribution in [2.24, 2.45) is 0 Å². The molecule has 4 nitrogen and oxygen atoms in total. The van der Waals surface area contributed by atoms with Gasteiger partial charge in [0.25, 0.3) is 5.91 Å². The van der Waals surface area contributed by atoms with Crippen molar-refractivity contribution in [2.75, 3.05) is 5.32 Å². The molecule has 100 valence electrons. The van der Waals surface area contributed by atoms with Gasteiger partial charge in [-0.15, -0.1) is 0 Å². The summed E-state index contributed by atoms with van der Waals surface area (Å²) < 4.78 is 1.04. The number of para-hydroxylation sites is 1. The molecule has 0 unspecified atom stereocenters. The van der Waals surface area contributed by atoms with Gasteiger partial charge in [0.2, 0.25) is 0 Å². The molecule has 0 atom stereocenters. The van der Waals surface area contributed by atoms with Gasteiger partial charge < -0.3 is 0 Å². The molecule has 20 heavy (non-hydrogen) atoms. The van der Waals surface area contributed by atoms with Crippen LogP contribution in [0.4, 0.5) is 5.13 Å². The Bertz CT molecular complexity index is 800. The number of pyridine rings is 1. The van der Waals surface area contributed by atoms with E-state index in [1.165, 1.54) is 23.6 Å². The number of anilines is 1. The van der Waals surface area contributed by atoms with E-state index in [1.54, 1.807) is 6.07 Å². The molecule has 2 aromatic heterocycles. The second kappa shape index (κ2) is 5.19. The highest BCUT2D eigenvalue weighted by atomic mass is 35.5. The molecule has 1 N–H and O–H groups in total. The first-order chi connectivity index (χ1) is 9.63. The average Bonchev–Trinajstić information content (AvgIpc) is 2.83. The summed E-state index contributed by atoms with van der Waals surface area (Å²) in [6, 6.07) is 9.09. The highest BCUT2D eigenvalue weighted by Gasteiger charge is 2.12. The molecular weight excluding hydrogens is 294 g/mol. The fourth-order valence-electron chi connectivity index (χ4n) is 1.83. The van der Waals surface area contributed by atoms with Crippen molar-refractivity contribution >= 4 is 44.2 Å². The van der Waals surface area contributed by atoms with Crippen molar-refractivity contribution in [1.82, 2.24) is 9.97 Å². The molecule has 2 heterocycles. The van der Waals surface area contributed by atoms with Crippen LogP contribution >= 0.6 is 22.9 Å². The number of rotatable bonds is 2. The molecule has 0 aliphatic rings. The molecule has 0 fully saturated rings. The van der Waals surface area contributed by atoms with Crippen molar-refractivity contribution in [3.05, 3.63) is 52.8 Å². The normalized spacial score (nSPS) is 10.7. The molecule has 1 amide bonds. The summed E-state index contributed by atoms with van der Waals surface area (Å²) in [6.45, 7) is 1.99. The van der Waals surface area contributed by atoms with Crippen molar-refractivity contribution in [3.8, 4) is 0 Å². The summed E-state index contributed by atoms with van der Waals surface area (Å²) >= 11 is 7.28. The van der Waals surface area contributed by atoms with E-state index in [-0.39, 0.29) is 11.6 Å². The Morgan fingerprint density at radius 1 is 1.35 bits per heavy atom. The van der Waals surface area contributed by atoms with E-state index >= 15 is 0 Å². The third kappa shape index (κ3) is 2.50. The van der Waals surface area contributed by atoms with Gasteiger partial charge in [-0.1, -0.05) is 35.1 Å². The van der Waals surface area contributed by atoms with Crippen molar-refractivity contribution in [1.29, 1.82) is 0 Å². The van der Waals surface area contributed by atoms with Crippen LogP contribution < -0.4 is 5.32 Å². The lowest BCUT2D eigenvalue weighted by atomic mass is 10.2. The number of hydrogen-bond donors (Lipinski definition) is 1. The fraction of sp³-hybridized carbons (Fsp3) is 0.0714. The van der Waals surface area contributed by atoms with E-state index in [4.69, 9.17) is 11.6 Å². The monoisotopic (exact) mass is 303 g/mol. The Kier molecular flexibility index (Phi) is 3.38. The highest BCUT2D eigenvalue weighted by molar-refractivity contribution is 7.22. The number of aryl methyl sites for hydroxylation is 1. The van der Waals surface area contributed by atoms with Gasteiger partial charge in [-0.25, -0.2) is 4.98 Å². The van der Waals surface area contributed by atoms with E-state index in [0.29, 0.717) is 10.2 Å². The van der Waals surface area contributed by atoms with Crippen molar-refractivity contribution in [2.45, 2.75) is 6.92 Å². The first kappa shape index (κ1) is 13.0. The van der Waals surface area contributed by atoms with Crippen LogP contribution in [-0.4, -0.2) is 15.9 Å². The van der Waals surface area contributed by atoms with E-state index < -0.39 is 0 Å². The molecule has 1 aromatic carbocycles. The Morgan fingerprint density at radius 3 is 2.95 bits per heavy atom.